The van der Waals surface area contributed by atoms with Gasteiger partial charge >= 0.3 is 11.8 Å². The van der Waals surface area contributed by atoms with Gasteiger partial charge in [-0.3, -0.25) is 19.8 Å². The fraction of sp³-hybridized carbons (Fsp3) is 0.389. The maximum Gasteiger partial charge on any atom is 0.407 e. The Kier molecular flexibility index (Phi) is 6.27. The smallest absolute Gasteiger partial charge is 0.407 e. The number of aryl methyl sites for hydroxylation is 1. The fourth-order valence-corrected chi connectivity index (χ4v) is 2.36. The molecule has 0 spiro atoms. The number of rotatable bonds is 6. The van der Waals surface area contributed by atoms with Crippen LogP contribution in [0.1, 0.15) is 32.8 Å². The molecule has 0 atom stereocenters. The highest BCUT2D eigenvalue weighted by Gasteiger charge is 2.20. The van der Waals surface area contributed by atoms with Gasteiger partial charge in [0, 0.05) is 31.5 Å². The number of nitro groups is 1. The first-order chi connectivity index (χ1) is 12.7. The molecule has 2 rings (SSSR count). The Bertz CT molecular complexity index is 852. The van der Waals surface area contributed by atoms with Crippen molar-refractivity contribution in [2.45, 2.75) is 32.8 Å². The van der Waals surface area contributed by atoms with Crippen molar-refractivity contribution in [2.75, 3.05) is 6.54 Å². The number of pyridine rings is 1. The largest absolute Gasteiger partial charge is 0.444 e. The lowest BCUT2D eigenvalue weighted by Gasteiger charge is -2.19. The zero-order chi connectivity index (χ0) is 20.0. The van der Waals surface area contributed by atoms with Crippen molar-refractivity contribution in [3.8, 4) is 11.3 Å². The number of carbonyl (C=O) groups excluding carboxylic acids is 1. The van der Waals surface area contributed by atoms with Crippen LogP contribution >= 0.6 is 0 Å². The number of alkyl carbamates (subject to hydrolysis) is 1. The second-order valence-electron chi connectivity index (χ2n) is 6.89. The summed E-state index contributed by atoms with van der Waals surface area (Å²) in [6, 6.07) is 1.80. The molecule has 0 aliphatic heterocycles. The Hall–Kier alpha value is -3.23. The lowest BCUT2D eigenvalue weighted by Crippen LogP contribution is -2.32. The number of nitrogens with zero attached hydrogens (tertiary/aromatic N) is 4. The molecule has 0 saturated carbocycles. The number of hydrogen-bond acceptors (Lipinski definition) is 6. The van der Waals surface area contributed by atoms with Crippen molar-refractivity contribution in [1.82, 2.24) is 20.1 Å². The minimum atomic E-state index is -0.527. The van der Waals surface area contributed by atoms with Crippen LogP contribution in [0.4, 0.5) is 10.5 Å². The Labute approximate surface area is 157 Å². The average Bonchev–Trinajstić information content (AvgIpc) is 2.95. The lowest BCUT2D eigenvalue weighted by atomic mass is 10.1. The molecule has 0 aromatic carbocycles. The van der Waals surface area contributed by atoms with Crippen LogP contribution in [0.2, 0.25) is 0 Å². The van der Waals surface area contributed by atoms with Crippen LogP contribution in [0.5, 0.6) is 0 Å². The molecule has 0 bridgehead atoms. The molecule has 0 saturated heterocycles. The molecule has 0 aliphatic carbocycles. The zero-order valence-electron chi connectivity index (χ0n) is 15.8. The van der Waals surface area contributed by atoms with Gasteiger partial charge in [-0.15, -0.1) is 0 Å². The highest BCUT2D eigenvalue weighted by molar-refractivity contribution is 5.71. The van der Waals surface area contributed by atoms with Gasteiger partial charge in [-0.05, 0) is 38.8 Å². The summed E-state index contributed by atoms with van der Waals surface area (Å²) in [4.78, 5) is 26.4. The van der Waals surface area contributed by atoms with Crippen molar-refractivity contribution in [2.24, 2.45) is 7.05 Å². The van der Waals surface area contributed by atoms with Crippen LogP contribution in [-0.2, 0) is 11.8 Å². The molecule has 9 nitrogen and oxygen atoms in total. The lowest BCUT2D eigenvalue weighted by molar-refractivity contribution is -0.384. The van der Waals surface area contributed by atoms with Gasteiger partial charge in [-0.2, -0.15) is 5.10 Å². The van der Waals surface area contributed by atoms with E-state index in [9.17, 15) is 14.9 Å². The zero-order valence-corrected chi connectivity index (χ0v) is 15.8. The van der Waals surface area contributed by atoms with Gasteiger partial charge in [-0.25, -0.2) is 4.79 Å². The Morgan fingerprint density at radius 1 is 1.37 bits per heavy atom. The molecule has 144 valence electrons. The molecule has 2 aromatic heterocycles. The summed E-state index contributed by atoms with van der Waals surface area (Å²) >= 11 is 0. The molecule has 9 heteroatoms. The maximum absolute atomic E-state index is 11.6. The van der Waals surface area contributed by atoms with Crippen LogP contribution < -0.4 is 5.32 Å². The average molecular weight is 373 g/mol. The van der Waals surface area contributed by atoms with Gasteiger partial charge in [0.2, 0.25) is 0 Å². The number of carbonyl (C=O) groups is 1. The summed E-state index contributed by atoms with van der Waals surface area (Å²) in [7, 11) is 1.65. The van der Waals surface area contributed by atoms with Crippen LogP contribution in [0.25, 0.3) is 17.3 Å². The number of nitrogens with one attached hydrogen (secondary N) is 1. The number of ether oxygens (including phenoxy) is 1. The van der Waals surface area contributed by atoms with Crippen molar-refractivity contribution in [1.29, 1.82) is 0 Å². The normalized spacial score (nSPS) is 11.6. The number of hydrogen-bond donors (Lipinski definition) is 1. The monoisotopic (exact) mass is 373 g/mol. The van der Waals surface area contributed by atoms with Crippen molar-refractivity contribution in [3.05, 3.63) is 46.4 Å². The van der Waals surface area contributed by atoms with Crippen molar-refractivity contribution >= 4 is 17.9 Å². The van der Waals surface area contributed by atoms with Crippen LogP contribution in [0.15, 0.2) is 30.7 Å². The molecule has 1 amide bonds. The molecule has 0 radical (unpaired) electrons. The first kappa shape index (κ1) is 20.1. The minimum Gasteiger partial charge on any atom is -0.444 e. The molecule has 2 heterocycles. The number of amides is 1. The molecule has 1 N–H and O–H groups in total. The van der Waals surface area contributed by atoms with E-state index in [0.29, 0.717) is 24.2 Å². The van der Waals surface area contributed by atoms with Crippen molar-refractivity contribution < 1.29 is 14.5 Å². The molecule has 27 heavy (non-hydrogen) atoms. The van der Waals surface area contributed by atoms with Crippen LogP contribution in [0.3, 0.4) is 0 Å². The van der Waals surface area contributed by atoms with Gasteiger partial charge in [0.05, 0.1) is 4.92 Å². The highest BCUT2D eigenvalue weighted by Crippen LogP contribution is 2.29. The third-order valence-electron chi connectivity index (χ3n) is 3.44. The van der Waals surface area contributed by atoms with Gasteiger partial charge in [0.15, 0.2) is 0 Å². The van der Waals surface area contributed by atoms with Crippen LogP contribution in [-0.4, -0.2) is 37.9 Å². The number of aromatic nitrogens is 3. The second-order valence-corrected chi connectivity index (χ2v) is 6.89. The Balaban J connectivity index is 1.99. The Morgan fingerprint density at radius 2 is 2.11 bits per heavy atom. The van der Waals surface area contributed by atoms with E-state index in [4.69, 9.17) is 4.74 Å². The summed E-state index contributed by atoms with van der Waals surface area (Å²) in [6.45, 7) is 5.85. The molecule has 0 aliphatic rings. The van der Waals surface area contributed by atoms with E-state index in [1.165, 1.54) is 10.9 Å². The van der Waals surface area contributed by atoms with E-state index in [0.717, 1.165) is 5.56 Å². The molecular weight excluding hydrogens is 350 g/mol. The summed E-state index contributed by atoms with van der Waals surface area (Å²) < 4.78 is 6.61. The van der Waals surface area contributed by atoms with E-state index in [1.807, 2.05) is 12.2 Å². The predicted octanol–water partition coefficient (Wildman–Crippen LogP) is 3.32. The maximum atomic E-state index is 11.6. The molecular formula is C18H23N5O4. The summed E-state index contributed by atoms with van der Waals surface area (Å²) in [5.41, 5.74) is 1.20. The van der Waals surface area contributed by atoms with E-state index >= 15 is 0 Å². The first-order valence-electron chi connectivity index (χ1n) is 8.42. The third kappa shape index (κ3) is 5.91. The van der Waals surface area contributed by atoms with Crippen LogP contribution in [0, 0.1) is 10.1 Å². The topological polar surface area (TPSA) is 112 Å². The standard InChI is InChI=1S/C18H23N5O4/c1-18(2,3)27-17(24)20-8-6-5-7-13-9-14(11-19-10-13)16-15(23(25)26)12-21-22(16)4/h5,7,9-12H,6,8H2,1-4H3,(H,20,24)/b7-5+. The van der Waals surface area contributed by atoms with Gasteiger partial charge in [0.25, 0.3) is 0 Å². The predicted molar refractivity (Wildman–Crippen MR) is 101 cm³/mol. The molecule has 0 unspecified atom stereocenters. The summed E-state index contributed by atoms with van der Waals surface area (Å²) in [5.74, 6) is 0. The highest BCUT2D eigenvalue weighted by atomic mass is 16.6. The van der Waals surface area contributed by atoms with Gasteiger partial charge in [0.1, 0.15) is 17.5 Å². The minimum absolute atomic E-state index is 0.0676. The molecule has 0 fully saturated rings. The SMILES string of the molecule is Cn1ncc([N+](=O)[O-])c1-c1cncc(/C=C/CCNC(=O)OC(C)(C)C)c1. The summed E-state index contributed by atoms with van der Waals surface area (Å²) in [5, 5.41) is 17.8. The second kappa shape index (κ2) is 8.43. The van der Waals surface area contributed by atoms with E-state index in [-0.39, 0.29) is 5.69 Å². The van der Waals surface area contributed by atoms with E-state index in [2.05, 4.69) is 15.4 Å². The Morgan fingerprint density at radius 3 is 2.78 bits per heavy atom. The van der Waals surface area contributed by atoms with Gasteiger partial charge in [-0.1, -0.05) is 12.2 Å². The van der Waals surface area contributed by atoms with Crippen molar-refractivity contribution in [3.63, 3.8) is 0 Å². The quantitative estimate of drug-likeness (QED) is 0.472. The van der Waals surface area contributed by atoms with Gasteiger partial charge < -0.3 is 10.1 Å². The fourth-order valence-electron chi connectivity index (χ4n) is 2.36. The first-order valence-corrected chi connectivity index (χ1v) is 8.42. The summed E-state index contributed by atoms with van der Waals surface area (Å²) in [6.07, 6.45) is 8.32. The third-order valence-corrected chi connectivity index (χ3v) is 3.44. The van der Waals surface area contributed by atoms with E-state index < -0.39 is 16.6 Å². The molecule has 2 aromatic rings. The van der Waals surface area contributed by atoms with E-state index in [1.54, 1.807) is 46.3 Å².